The lowest BCUT2D eigenvalue weighted by Gasteiger charge is -2.15. The maximum atomic E-state index is 12.3. The summed E-state index contributed by atoms with van der Waals surface area (Å²) in [6, 6.07) is 10.8. The Morgan fingerprint density at radius 2 is 1.48 bits per heavy atom. The number of carbonyl (C=O) groups is 3. The van der Waals surface area contributed by atoms with E-state index in [4.69, 9.17) is 0 Å². The van der Waals surface area contributed by atoms with Crippen molar-refractivity contribution < 1.29 is 14.4 Å². The Labute approximate surface area is 146 Å². The Kier molecular flexibility index (Phi) is 4.40. The summed E-state index contributed by atoms with van der Waals surface area (Å²) in [6.07, 6.45) is 0. The molecule has 2 aromatic rings. The van der Waals surface area contributed by atoms with Crippen LogP contribution in [0.1, 0.15) is 43.0 Å². The van der Waals surface area contributed by atoms with Crippen LogP contribution in [0.15, 0.2) is 36.4 Å². The van der Waals surface area contributed by atoms with E-state index >= 15 is 0 Å². The highest BCUT2D eigenvalue weighted by Gasteiger charge is 2.36. The van der Waals surface area contributed by atoms with Crippen LogP contribution >= 0.6 is 0 Å². The smallest absolute Gasteiger partial charge is 0.262 e. The van der Waals surface area contributed by atoms with Crippen molar-refractivity contribution in [1.29, 1.82) is 0 Å². The highest BCUT2D eigenvalue weighted by molar-refractivity contribution is 6.22. The first-order valence-corrected chi connectivity index (χ1v) is 8.17. The topological polar surface area (TPSA) is 66.5 Å². The third kappa shape index (κ3) is 3.18. The Hall–Kier alpha value is -2.95. The van der Waals surface area contributed by atoms with Gasteiger partial charge in [0.1, 0.15) is 6.54 Å². The van der Waals surface area contributed by atoms with Crippen molar-refractivity contribution in [3.63, 3.8) is 0 Å². The number of aryl methyl sites for hydroxylation is 3. The van der Waals surface area contributed by atoms with Crippen molar-refractivity contribution in [2.75, 3.05) is 6.54 Å². The molecule has 0 spiro atoms. The predicted molar refractivity (Wildman–Crippen MR) is 94.3 cm³/mol. The zero-order chi connectivity index (χ0) is 18.1. The van der Waals surface area contributed by atoms with Crippen LogP contribution in [-0.4, -0.2) is 29.2 Å². The Morgan fingerprint density at radius 1 is 0.960 bits per heavy atom. The lowest BCUT2D eigenvalue weighted by molar-refractivity contribution is -0.121. The van der Waals surface area contributed by atoms with Gasteiger partial charge in [-0.3, -0.25) is 19.3 Å². The third-order valence-electron chi connectivity index (χ3n) is 4.48. The number of hydrogen-bond acceptors (Lipinski definition) is 3. The second-order valence-electron chi connectivity index (χ2n) is 6.40. The van der Waals surface area contributed by atoms with Gasteiger partial charge in [0.2, 0.25) is 5.91 Å². The number of hydrogen-bond donors (Lipinski definition) is 1. The maximum absolute atomic E-state index is 12.3. The molecule has 1 N–H and O–H groups in total. The number of nitrogens with one attached hydrogen (secondary N) is 1. The van der Waals surface area contributed by atoms with E-state index in [2.05, 4.69) is 17.4 Å². The molecule has 5 heteroatoms. The molecule has 128 valence electrons. The molecule has 0 atom stereocenters. The van der Waals surface area contributed by atoms with Crippen molar-refractivity contribution in [2.45, 2.75) is 27.3 Å². The first-order valence-electron chi connectivity index (χ1n) is 8.17. The summed E-state index contributed by atoms with van der Waals surface area (Å²) in [5, 5.41) is 2.81. The molecule has 0 aliphatic carbocycles. The minimum absolute atomic E-state index is 0.268. The number of benzene rings is 2. The van der Waals surface area contributed by atoms with Crippen LogP contribution in [0.3, 0.4) is 0 Å². The lowest BCUT2D eigenvalue weighted by Crippen LogP contribution is -2.40. The van der Waals surface area contributed by atoms with Gasteiger partial charge in [-0.1, -0.05) is 29.8 Å². The van der Waals surface area contributed by atoms with Crippen molar-refractivity contribution in [3.05, 3.63) is 69.8 Å². The number of nitrogens with zero attached hydrogens (tertiary/aromatic N) is 1. The highest BCUT2D eigenvalue weighted by Crippen LogP contribution is 2.22. The summed E-state index contributed by atoms with van der Waals surface area (Å²) < 4.78 is 0. The molecule has 3 rings (SSSR count). The fourth-order valence-electron chi connectivity index (χ4n) is 3.26. The van der Waals surface area contributed by atoms with E-state index in [1.165, 1.54) is 5.56 Å². The van der Waals surface area contributed by atoms with Crippen molar-refractivity contribution in [1.82, 2.24) is 10.2 Å². The molecule has 1 aliphatic rings. The quantitative estimate of drug-likeness (QED) is 0.873. The maximum Gasteiger partial charge on any atom is 0.262 e. The average molecular weight is 336 g/mol. The molecule has 1 aliphatic heterocycles. The molecule has 0 bridgehead atoms. The van der Waals surface area contributed by atoms with Crippen LogP contribution in [-0.2, 0) is 11.3 Å². The van der Waals surface area contributed by atoms with Crippen LogP contribution in [0.2, 0.25) is 0 Å². The monoisotopic (exact) mass is 336 g/mol. The Balaban J connectivity index is 1.67. The minimum Gasteiger partial charge on any atom is -0.350 e. The molecular weight excluding hydrogens is 316 g/mol. The first-order chi connectivity index (χ1) is 11.9. The summed E-state index contributed by atoms with van der Waals surface area (Å²) >= 11 is 0. The largest absolute Gasteiger partial charge is 0.350 e. The van der Waals surface area contributed by atoms with Gasteiger partial charge in [0, 0.05) is 6.54 Å². The molecule has 0 saturated carbocycles. The highest BCUT2D eigenvalue weighted by atomic mass is 16.2. The van der Waals surface area contributed by atoms with E-state index in [9.17, 15) is 14.4 Å². The van der Waals surface area contributed by atoms with E-state index < -0.39 is 11.8 Å². The first kappa shape index (κ1) is 16.9. The molecule has 25 heavy (non-hydrogen) atoms. The molecule has 0 unspecified atom stereocenters. The van der Waals surface area contributed by atoms with Crippen LogP contribution < -0.4 is 5.32 Å². The van der Waals surface area contributed by atoms with E-state index in [0.717, 1.165) is 21.6 Å². The van der Waals surface area contributed by atoms with Crippen molar-refractivity contribution in [3.8, 4) is 0 Å². The number of fused-ring (bicyclic) bond motifs is 1. The second kappa shape index (κ2) is 6.51. The van der Waals surface area contributed by atoms with E-state index in [0.29, 0.717) is 17.7 Å². The minimum atomic E-state index is -0.418. The number of imide groups is 1. The summed E-state index contributed by atoms with van der Waals surface area (Å²) in [6.45, 7) is 6.15. The Morgan fingerprint density at radius 3 is 2.00 bits per heavy atom. The summed E-state index contributed by atoms with van der Waals surface area (Å²) in [5.41, 5.74) is 5.16. The molecule has 1 heterocycles. The normalized spacial score (nSPS) is 13.2. The number of amides is 3. The zero-order valence-corrected chi connectivity index (χ0v) is 14.6. The third-order valence-corrected chi connectivity index (χ3v) is 4.48. The van der Waals surface area contributed by atoms with Gasteiger partial charge in [-0.15, -0.1) is 0 Å². The van der Waals surface area contributed by atoms with Gasteiger partial charge in [0.15, 0.2) is 0 Å². The molecule has 0 saturated heterocycles. The van der Waals surface area contributed by atoms with Crippen LogP contribution in [0.25, 0.3) is 0 Å². The van der Waals surface area contributed by atoms with Gasteiger partial charge in [-0.05, 0) is 49.6 Å². The van der Waals surface area contributed by atoms with Gasteiger partial charge in [0.25, 0.3) is 11.8 Å². The molecule has 0 radical (unpaired) electrons. The summed E-state index contributed by atoms with van der Waals surface area (Å²) in [7, 11) is 0. The number of rotatable bonds is 4. The second-order valence-corrected chi connectivity index (χ2v) is 6.40. The summed E-state index contributed by atoms with van der Waals surface area (Å²) in [4.78, 5) is 37.8. The van der Waals surface area contributed by atoms with Crippen molar-refractivity contribution >= 4 is 17.7 Å². The van der Waals surface area contributed by atoms with Gasteiger partial charge in [-0.25, -0.2) is 0 Å². The van der Waals surface area contributed by atoms with Gasteiger partial charge in [-0.2, -0.15) is 0 Å². The van der Waals surface area contributed by atoms with Crippen LogP contribution in [0.5, 0.6) is 0 Å². The van der Waals surface area contributed by atoms with Crippen molar-refractivity contribution in [2.24, 2.45) is 0 Å². The predicted octanol–water partition coefficient (Wildman–Crippen LogP) is 2.52. The van der Waals surface area contributed by atoms with E-state index in [1.54, 1.807) is 24.3 Å². The standard InChI is InChI=1S/C20H20N2O3/c1-12-8-13(2)17(14(3)9-12)10-21-18(23)11-22-19(24)15-6-4-5-7-16(15)20(22)25/h4-9H,10-11H2,1-3H3,(H,21,23). The molecule has 5 nitrogen and oxygen atoms in total. The lowest BCUT2D eigenvalue weighted by atomic mass is 10.00. The number of carbonyl (C=O) groups excluding carboxylic acids is 3. The summed E-state index contributed by atoms with van der Waals surface area (Å²) in [5.74, 6) is -1.19. The van der Waals surface area contributed by atoms with Gasteiger partial charge < -0.3 is 5.32 Å². The molecule has 0 aromatic heterocycles. The van der Waals surface area contributed by atoms with Gasteiger partial charge in [0.05, 0.1) is 11.1 Å². The fraction of sp³-hybridized carbons (Fsp3) is 0.250. The molecular formula is C20H20N2O3. The van der Waals surface area contributed by atoms with Crippen LogP contribution in [0, 0.1) is 20.8 Å². The molecule has 2 aromatic carbocycles. The molecule has 0 fully saturated rings. The van der Waals surface area contributed by atoms with Gasteiger partial charge >= 0.3 is 0 Å². The Bertz CT molecular complexity index is 828. The SMILES string of the molecule is Cc1cc(C)c(CNC(=O)CN2C(=O)c3ccccc3C2=O)c(C)c1. The zero-order valence-electron chi connectivity index (χ0n) is 14.6. The van der Waals surface area contributed by atoms with E-state index in [1.807, 2.05) is 20.8 Å². The average Bonchev–Trinajstić information content (AvgIpc) is 2.79. The molecule has 3 amide bonds. The fourth-order valence-corrected chi connectivity index (χ4v) is 3.26. The van der Waals surface area contributed by atoms with E-state index in [-0.39, 0.29) is 12.5 Å². The van der Waals surface area contributed by atoms with Crippen LogP contribution in [0.4, 0.5) is 0 Å².